The van der Waals surface area contributed by atoms with Gasteiger partial charge in [0.25, 0.3) is 5.91 Å². The number of nitrogens with zero attached hydrogens (tertiary/aromatic N) is 3. The van der Waals surface area contributed by atoms with Crippen molar-refractivity contribution in [3.63, 3.8) is 0 Å². The lowest BCUT2D eigenvalue weighted by Crippen LogP contribution is -1.91. The summed E-state index contributed by atoms with van der Waals surface area (Å²) in [4.78, 5) is 18.9. The SMILES string of the molecule is O=C1N=Nc2c1cnc1ccc3[nH]ccc3c21. The average Bonchev–Trinajstić information content (AvgIpc) is 2.95. The second-order valence-electron chi connectivity index (χ2n) is 3.92. The summed E-state index contributed by atoms with van der Waals surface area (Å²) in [5.74, 6) is -0.318. The lowest BCUT2D eigenvalue weighted by Gasteiger charge is -2.02. The van der Waals surface area contributed by atoms with E-state index in [0.717, 1.165) is 21.8 Å². The molecule has 0 bridgehead atoms. The molecule has 1 aromatic carbocycles. The van der Waals surface area contributed by atoms with Crippen LogP contribution in [0.25, 0.3) is 21.8 Å². The van der Waals surface area contributed by atoms with Gasteiger partial charge >= 0.3 is 0 Å². The maximum atomic E-state index is 11.5. The molecule has 1 N–H and O–H groups in total. The van der Waals surface area contributed by atoms with Crippen LogP contribution in [0.2, 0.25) is 0 Å². The largest absolute Gasteiger partial charge is 0.361 e. The number of rotatable bonds is 0. The molecule has 80 valence electrons. The van der Waals surface area contributed by atoms with Crippen molar-refractivity contribution < 1.29 is 4.79 Å². The summed E-state index contributed by atoms with van der Waals surface area (Å²) >= 11 is 0. The van der Waals surface area contributed by atoms with E-state index in [2.05, 4.69) is 20.2 Å². The molecule has 5 nitrogen and oxygen atoms in total. The van der Waals surface area contributed by atoms with Gasteiger partial charge in [-0.05, 0) is 18.2 Å². The van der Waals surface area contributed by atoms with Gasteiger partial charge in [0.2, 0.25) is 0 Å². The van der Waals surface area contributed by atoms with Crippen LogP contribution in [0.1, 0.15) is 10.4 Å². The molecule has 1 aliphatic rings. The van der Waals surface area contributed by atoms with Gasteiger partial charge in [-0.1, -0.05) is 0 Å². The first-order chi connectivity index (χ1) is 8.34. The Hall–Kier alpha value is -2.56. The highest BCUT2D eigenvalue weighted by Crippen LogP contribution is 2.37. The molecule has 3 aromatic rings. The number of hydrogen-bond donors (Lipinski definition) is 1. The van der Waals surface area contributed by atoms with Crippen molar-refractivity contribution in [1.82, 2.24) is 9.97 Å². The summed E-state index contributed by atoms with van der Waals surface area (Å²) in [6.07, 6.45) is 3.40. The maximum absolute atomic E-state index is 11.5. The number of azo groups is 1. The summed E-state index contributed by atoms with van der Waals surface area (Å²) in [7, 11) is 0. The molecule has 1 aliphatic heterocycles. The fourth-order valence-electron chi connectivity index (χ4n) is 2.22. The Morgan fingerprint density at radius 2 is 2.06 bits per heavy atom. The molecule has 3 heterocycles. The molecule has 17 heavy (non-hydrogen) atoms. The number of aromatic nitrogens is 2. The first-order valence-corrected chi connectivity index (χ1v) is 5.19. The van der Waals surface area contributed by atoms with Gasteiger partial charge in [0, 0.05) is 28.7 Å². The number of nitrogens with one attached hydrogen (secondary N) is 1. The van der Waals surface area contributed by atoms with Gasteiger partial charge in [-0.25, -0.2) is 0 Å². The summed E-state index contributed by atoms with van der Waals surface area (Å²) in [6.45, 7) is 0. The van der Waals surface area contributed by atoms with Gasteiger partial charge < -0.3 is 4.98 Å². The maximum Gasteiger partial charge on any atom is 0.299 e. The standard InChI is InChI=1S/C12H6N4O/c17-12-7-5-14-9-2-1-8-6(3-4-13-8)10(9)11(7)15-16-12/h1-5,13H. The summed E-state index contributed by atoms with van der Waals surface area (Å²) in [6, 6.07) is 5.83. The number of hydrogen-bond acceptors (Lipinski definition) is 3. The quantitative estimate of drug-likeness (QED) is 0.635. The van der Waals surface area contributed by atoms with E-state index in [4.69, 9.17) is 0 Å². The van der Waals surface area contributed by atoms with Gasteiger partial charge in [-0.2, -0.15) is 0 Å². The molecule has 0 saturated carbocycles. The number of amides is 1. The van der Waals surface area contributed by atoms with Crippen molar-refractivity contribution in [2.24, 2.45) is 10.2 Å². The van der Waals surface area contributed by atoms with Gasteiger partial charge in [-0.15, -0.1) is 10.2 Å². The van der Waals surface area contributed by atoms with E-state index < -0.39 is 0 Å². The van der Waals surface area contributed by atoms with Gasteiger partial charge in [0.15, 0.2) is 0 Å². The van der Waals surface area contributed by atoms with Crippen molar-refractivity contribution in [2.45, 2.75) is 0 Å². The van der Waals surface area contributed by atoms with E-state index in [9.17, 15) is 4.79 Å². The Kier molecular flexibility index (Phi) is 1.39. The van der Waals surface area contributed by atoms with Gasteiger partial charge in [0.1, 0.15) is 5.69 Å². The zero-order chi connectivity index (χ0) is 11.4. The van der Waals surface area contributed by atoms with E-state index in [1.807, 2.05) is 24.4 Å². The van der Waals surface area contributed by atoms with E-state index in [0.29, 0.717) is 11.3 Å². The minimum atomic E-state index is -0.318. The number of fused-ring (bicyclic) bond motifs is 5. The Balaban J connectivity index is 2.32. The second kappa shape index (κ2) is 2.76. The monoisotopic (exact) mass is 222 g/mol. The minimum Gasteiger partial charge on any atom is -0.361 e. The lowest BCUT2D eigenvalue weighted by atomic mass is 10.1. The Morgan fingerprint density at radius 1 is 1.12 bits per heavy atom. The molecule has 0 atom stereocenters. The molecule has 0 saturated heterocycles. The van der Waals surface area contributed by atoms with Gasteiger partial charge in [0.05, 0.1) is 11.1 Å². The topological polar surface area (TPSA) is 70.5 Å². The predicted molar refractivity (Wildman–Crippen MR) is 62.4 cm³/mol. The highest BCUT2D eigenvalue weighted by molar-refractivity contribution is 6.16. The van der Waals surface area contributed by atoms with Crippen LogP contribution in [-0.4, -0.2) is 15.9 Å². The Bertz CT molecular complexity index is 816. The van der Waals surface area contributed by atoms with E-state index in [-0.39, 0.29) is 5.91 Å². The number of carbonyl (C=O) groups is 1. The van der Waals surface area contributed by atoms with Crippen LogP contribution in [0.4, 0.5) is 5.69 Å². The van der Waals surface area contributed by atoms with Crippen molar-refractivity contribution in [2.75, 3.05) is 0 Å². The first kappa shape index (κ1) is 8.58. The molecule has 5 heteroatoms. The van der Waals surface area contributed by atoms with Crippen molar-refractivity contribution in [3.05, 3.63) is 36.2 Å². The van der Waals surface area contributed by atoms with E-state index in [1.165, 1.54) is 0 Å². The summed E-state index contributed by atoms with van der Waals surface area (Å²) in [5, 5.41) is 9.44. The smallest absolute Gasteiger partial charge is 0.299 e. The van der Waals surface area contributed by atoms with Crippen molar-refractivity contribution >= 4 is 33.4 Å². The lowest BCUT2D eigenvalue weighted by molar-refractivity contribution is 0.100. The number of H-pyrrole nitrogens is 1. The van der Waals surface area contributed by atoms with Crippen LogP contribution in [0, 0.1) is 0 Å². The molecule has 0 spiro atoms. The van der Waals surface area contributed by atoms with Crippen molar-refractivity contribution in [3.8, 4) is 0 Å². The molecule has 0 fully saturated rings. The number of benzene rings is 1. The minimum absolute atomic E-state index is 0.318. The summed E-state index contributed by atoms with van der Waals surface area (Å²) in [5.41, 5.74) is 2.93. The van der Waals surface area contributed by atoms with Crippen LogP contribution < -0.4 is 0 Å². The van der Waals surface area contributed by atoms with Crippen LogP contribution in [0.5, 0.6) is 0 Å². The van der Waals surface area contributed by atoms with Gasteiger partial charge in [-0.3, -0.25) is 9.78 Å². The molecule has 2 aromatic heterocycles. The highest BCUT2D eigenvalue weighted by Gasteiger charge is 2.21. The fourth-order valence-corrected chi connectivity index (χ4v) is 2.22. The second-order valence-corrected chi connectivity index (χ2v) is 3.92. The molecular weight excluding hydrogens is 216 g/mol. The fraction of sp³-hybridized carbons (Fsp3) is 0. The zero-order valence-electron chi connectivity index (χ0n) is 8.64. The molecule has 0 radical (unpaired) electrons. The molecule has 4 rings (SSSR count). The highest BCUT2D eigenvalue weighted by atomic mass is 16.2. The van der Waals surface area contributed by atoms with Crippen LogP contribution in [0.15, 0.2) is 40.8 Å². The Labute approximate surface area is 95.2 Å². The number of carbonyl (C=O) groups excluding carboxylic acids is 1. The number of aromatic amines is 1. The number of pyridine rings is 1. The Morgan fingerprint density at radius 3 is 3.00 bits per heavy atom. The average molecular weight is 222 g/mol. The van der Waals surface area contributed by atoms with Crippen LogP contribution in [-0.2, 0) is 0 Å². The molecule has 0 unspecified atom stereocenters. The van der Waals surface area contributed by atoms with Crippen LogP contribution >= 0.6 is 0 Å². The van der Waals surface area contributed by atoms with Crippen molar-refractivity contribution in [1.29, 1.82) is 0 Å². The third-order valence-corrected chi connectivity index (χ3v) is 3.01. The van der Waals surface area contributed by atoms with E-state index >= 15 is 0 Å². The zero-order valence-corrected chi connectivity index (χ0v) is 8.64. The van der Waals surface area contributed by atoms with Crippen LogP contribution in [0.3, 0.4) is 0 Å². The predicted octanol–water partition coefficient (Wildman–Crippen LogP) is 2.95. The third kappa shape index (κ3) is 0.977. The van der Waals surface area contributed by atoms with E-state index in [1.54, 1.807) is 6.20 Å². The molecule has 1 amide bonds. The first-order valence-electron chi connectivity index (χ1n) is 5.19. The summed E-state index contributed by atoms with van der Waals surface area (Å²) < 4.78 is 0. The molecular formula is C12H6N4O. The normalized spacial score (nSPS) is 13.8. The third-order valence-electron chi connectivity index (χ3n) is 3.01. The molecule has 0 aliphatic carbocycles.